The van der Waals surface area contributed by atoms with Gasteiger partial charge in [-0.05, 0) is 73.8 Å². The van der Waals surface area contributed by atoms with E-state index in [0.29, 0.717) is 5.82 Å². The molecular weight excluding hydrogens is 631 g/mol. The molecule has 0 saturated carbocycles. The molecule has 2 aromatic heterocycles. The molecular formula is C49H31N3. The fourth-order valence-corrected chi connectivity index (χ4v) is 7.36. The molecule has 10 aromatic rings. The molecule has 0 unspecified atom stereocenters. The number of rotatable bonds is 5. The van der Waals surface area contributed by atoms with E-state index in [1.807, 2.05) is 0 Å². The van der Waals surface area contributed by atoms with Crippen molar-refractivity contribution in [1.29, 1.82) is 0 Å². The first-order valence-corrected chi connectivity index (χ1v) is 17.6. The van der Waals surface area contributed by atoms with Crippen LogP contribution in [0.2, 0.25) is 0 Å². The van der Waals surface area contributed by atoms with Crippen molar-refractivity contribution in [2.75, 3.05) is 0 Å². The van der Waals surface area contributed by atoms with Gasteiger partial charge in [-0.3, -0.25) is 0 Å². The summed E-state index contributed by atoms with van der Waals surface area (Å²) in [5.74, 6) is 0.700. The van der Waals surface area contributed by atoms with E-state index < -0.39 is 0 Å². The van der Waals surface area contributed by atoms with Gasteiger partial charge in [0.2, 0.25) is 0 Å². The lowest BCUT2D eigenvalue weighted by Crippen LogP contribution is -1.96. The average Bonchev–Trinajstić information content (AvgIpc) is 3.23. The van der Waals surface area contributed by atoms with Crippen molar-refractivity contribution in [3.8, 4) is 56.3 Å². The van der Waals surface area contributed by atoms with Crippen LogP contribution in [0.5, 0.6) is 0 Å². The molecule has 0 saturated heterocycles. The highest BCUT2D eigenvalue weighted by Crippen LogP contribution is 2.37. The minimum Gasteiger partial charge on any atom is -0.248 e. The van der Waals surface area contributed by atoms with Gasteiger partial charge < -0.3 is 0 Å². The molecule has 0 atom stereocenters. The Morgan fingerprint density at radius 1 is 0.288 bits per heavy atom. The molecule has 0 aliphatic carbocycles. The molecule has 0 radical (unpaired) electrons. The molecule has 0 N–H and O–H groups in total. The second-order valence-corrected chi connectivity index (χ2v) is 13.3. The Morgan fingerprint density at radius 2 is 0.788 bits per heavy atom. The normalized spacial score (nSPS) is 11.5. The van der Waals surface area contributed by atoms with Crippen LogP contribution in [0, 0.1) is 0 Å². The molecule has 0 aliphatic heterocycles. The second-order valence-electron chi connectivity index (χ2n) is 13.3. The van der Waals surface area contributed by atoms with E-state index in [2.05, 4.69) is 188 Å². The summed E-state index contributed by atoms with van der Waals surface area (Å²) in [6.07, 6.45) is 0. The Bertz CT molecular complexity index is 2850. The molecule has 0 fully saturated rings. The predicted octanol–water partition coefficient (Wildman–Crippen LogP) is 12.8. The zero-order valence-electron chi connectivity index (χ0n) is 28.2. The Kier molecular flexibility index (Phi) is 7.14. The average molecular weight is 662 g/mol. The van der Waals surface area contributed by atoms with Gasteiger partial charge >= 0.3 is 0 Å². The minimum absolute atomic E-state index is 0.700. The third-order valence-corrected chi connectivity index (χ3v) is 10.0. The highest BCUT2D eigenvalue weighted by Gasteiger charge is 2.15. The summed E-state index contributed by atoms with van der Waals surface area (Å²) >= 11 is 0. The van der Waals surface area contributed by atoms with E-state index >= 15 is 0 Å². The molecule has 52 heavy (non-hydrogen) atoms. The number of aromatic nitrogens is 3. The number of nitrogens with zero attached hydrogens (tertiary/aromatic N) is 3. The molecule has 0 spiro atoms. The van der Waals surface area contributed by atoms with E-state index in [-0.39, 0.29) is 0 Å². The van der Waals surface area contributed by atoms with Crippen LogP contribution >= 0.6 is 0 Å². The number of pyridine rings is 1. The Balaban J connectivity index is 1.10. The van der Waals surface area contributed by atoms with Crippen LogP contribution in [0.3, 0.4) is 0 Å². The Labute approximate surface area is 301 Å². The molecule has 0 amide bonds. The van der Waals surface area contributed by atoms with E-state index in [1.165, 1.54) is 43.4 Å². The van der Waals surface area contributed by atoms with Crippen LogP contribution in [0.1, 0.15) is 0 Å². The van der Waals surface area contributed by atoms with Crippen molar-refractivity contribution in [2.24, 2.45) is 0 Å². The summed E-state index contributed by atoms with van der Waals surface area (Å²) in [5, 5.41) is 8.34. The molecule has 242 valence electrons. The Hall–Kier alpha value is -6.97. The van der Waals surface area contributed by atoms with Gasteiger partial charge in [-0.1, -0.05) is 158 Å². The highest BCUT2D eigenvalue weighted by atomic mass is 14.9. The number of hydrogen-bond acceptors (Lipinski definition) is 3. The number of hydrogen-bond donors (Lipinski definition) is 0. The lowest BCUT2D eigenvalue weighted by molar-refractivity contribution is 1.18. The first-order valence-electron chi connectivity index (χ1n) is 17.6. The van der Waals surface area contributed by atoms with Gasteiger partial charge in [0, 0.05) is 27.6 Å². The van der Waals surface area contributed by atoms with Crippen molar-refractivity contribution < 1.29 is 0 Å². The van der Waals surface area contributed by atoms with Gasteiger partial charge in [0.1, 0.15) is 0 Å². The summed E-state index contributed by atoms with van der Waals surface area (Å²) in [7, 11) is 0. The quantitative estimate of drug-likeness (QED) is 0.172. The maximum Gasteiger partial charge on any atom is 0.160 e. The van der Waals surface area contributed by atoms with Crippen molar-refractivity contribution in [2.45, 2.75) is 0 Å². The molecule has 3 heteroatoms. The molecule has 10 rings (SSSR count). The van der Waals surface area contributed by atoms with Crippen LogP contribution in [-0.2, 0) is 0 Å². The van der Waals surface area contributed by atoms with Crippen LogP contribution in [0.15, 0.2) is 188 Å². The zero-order valence-corrected chi connectivity index (χ0v) is 28.2. The van der Waals surface area contributed by atoms with Crippen LogP contribution in [-0.4, -0.2) is 15.0 Å². The van der Waals surface area contributed by atoms with Crippen molar-refractivity contribution in [1.82, 2.24) is 15.0 Å². The molecule has 2 heterocycles. The summed E-state index contributed by atoms with van der Waals surface area (Å²) in [5.41, 5.74) is 10.1. The largest absolute Gasteiger partial charge is 0.248 e. The second kappa shape index (κ2) is 12.4. The molecule has 3 nitrogen and oxygen atoms in total. The smallest absolute Gasteiger partial charge is 0.160 e. The van der Waals surface area contributed by atoms with E-state index in [1.54, 1.807) is 0 Å². The van der Waals surface area contributed by atoms with E-state index in [4.69, 9.17) is 15.0 Å². The molecule has 8 aromatic carbocycles. The van der Waals surface area contributed by atoms with Crippen molar-refractivity contribution in [3.05, 3.63) is 188 Å². The first-order chi connectivity index (χ1) is 25.7. The molecule has 0 aliphatic rings. The van der Waals surface area contributed by atoms with Crippen LogP contribution < -0.4 is 0 Å². The minimum atomic E-state index is 0.700. The summed E-state index contributed by atoms with van der Waals surface area (Å²) in [6.45, 7) is 0. The van der Waals surface area contributed by atoms with Crippen LogP contribution in [0.25, 0.3) is 99.5 Å². The van der Waals surface area contributed by atoms with Gasteiger partial charge in [0.05, 0.1) is 22.6 Å². The van der Waals surface area contributed by atoms with Crippen LogP contribution in [0.4, 0.5) is 0 Å². The van der Waals surface area contributed by atoms with E-state index in [9.17, 15) is 0 Å². The number of fused-ring (bicyclic) bond motifs is 5. The van der Waals surface area contributed by atoms with Gasteiger partial charge in [0.15, 0.2) is 5.82 Å². The van der Waals surface area contributed by atoms with Crippen molar-refractivity contribution in [3.63, 3.8) is 0 Å². The summed E-state index contributed by atoms with van der Waals surface area (Å²) in [6, 6.07) is 66.3. The standard InChI is InChI=1S/C49H31N3/c1-2-12-34(13-3-1)43-30-45(50-44-27-26-35-14-8-9-17-42(35)48(43)44)36-20-22-37(23-21-36)46-31-47(40-24-18-32-10-4-6-15-38(32)28-40)52-49(51-46)41-25-19-33-11-5-7-16-39(33)29-41/h1-31H. The predicted molar refractivity (Wildman–Crippen MR) is 217 cm³/mol. The third kappa shape index (κ3) is 5.37. The third-order valence-electron chi connectivity index (χ3n) is 10.0. The first kappa shape index (κ1) is 29.9. The maximum absolute atomic E-state index is 5.22. The fourth-order valence-electron chi connectivity index (χ4n) is 7.36. The summed E-state index contributed by atoms with van der Waals surface area (Å²) < 4.78 is 0. The fraction of sp³-hybridized carbons (Fsp3) is 0. The number of benzene rings is 8. The van der Waals surface area contributed by atoms with Gasteiger partial charge in [-0.25, -0.2) is 15.0 Å². The monoisotopic (exact) mass is 661 g/mol. The van der Waals surface area contributed by atoms with E-state index in [0.717, 1.165) is 50.2 Å². The lowest BCUT2D eigenvalue weighted by Gasteiger charge is -2.14. The SMILES string of the molecule is c1ccc(-c2cc(-c3ccc(-c4cc(-c5ccc6ccccc6c5)nc(-c5ccc6ccccc6c5)n4)cc3)nc3ccc4ccccc4c23)cc1. The lowest BCUT2D eigenvalue weighted by atomic mass is 9.94. The Morgan fingerprint density at radius 3 is 1.48 bits per heavy atom. The van der Waals surface area contributed by atoms with Gasteiger partial charge in [0.25, 0.3) is 0 Å². The summed E-state index contributed by atoms with van der Waals surface area (Å²) in [4.78, 5) is 15.5. The van der Waals surface area contributed by atoms with Crippen molar-refractivity contribution >= 4 is 43.2 Å². The van der Waals surface area contributed by atoms with Gasteiger partial charge in [-0.2, -0.15) is 0 Å². The van der Waals surface area contributed by atoms with Gasteiger partial charge in [-0.15, -0.1) is 0 Å². The topological polar surface area (TPSA) is 38.7 Å². The molecule has 0 bridgehead atoms. The zero-order chi connectivity index (χ0) is 34.4. The highest BCUT2D eigenvalue weighted by molar-refractivity contribution is 6.13. The maximum atomic E-state index is 5.22.